The second-order valence-corrected chi connectivity index (χ2v) is 9.38. The van der Waals surface area contributed by atoms with Crippen molar-refractivity contribution in [3.8, 4) is 0 Å². The predicted octanol–water partition coefficient (Wildman–Crippen LogP) is 1.99. The van der Waals surface area contributed by atoms with Gasteiger partial charge in [0.25, 0.3) is 5.91 Å². The molecule has 7 nitrogen and oxygen atoms in total. The Hall–Kier alpha value is -2.67. The monoisotopic (exact) mass is 395 g/mol. The van der Waals surface area contributed by atoms with Crippen LogP contribution >= 0.6 is 0 Å². The second kappa shape index (κ2) is 4.41. The van der Waals surface area contributed by atoms with Crippen molar-refractivity contribution in [1.82, 2.24) is 5.32 Å². The number of anilines is 1. The highest BCUT2D eigenvalue weighted by Gasteiger charge is 2.84. The van der Waals surface area contributed by atoms with E-state index >= 15 is 0 Å². The molecule has 2 aliphatic carbocycles. The lowest BCUT2D eigenvalue weighted by Crippen LogP contribution is -2.69. The van der Waals surface area contributed by atoms with E-state index in [-0.39, 0.29) is 11.7 Å². The molecule has 3 fully saturated rings. The Balaban J connectivity index is 1.90. The Morgan fingerprint density at radius 3 is 2.69 bits per heavy atom. The molecule has 4 unspecified atom stereocenters. The maximum absolute atomic E-state index is 13.9. The zero-order chi connectivity index (χ0) is 21.6. The molecule has 1 N–H and O–H groups in total. The Labute approximate surface area is 169 Å². The van der Waals surface area contributed by atoms with Gasteiger partial charge in [-0.2, -0.15) is 0 Å². The Morgan fingerprint density at radius 2 is 2.00 bits per heavy atom. The molecule has 3 aliphatic heterocycles. The standard InChI is InChI=1S/C22H22N2O5/c1-6-20(4)15(25)14-13-16-21(20,23-18(27)28-16)10-8-7-9-11-12(10)22(29-14,19(13,2)3)17(26)24(11)5/h6-9,13-14,16H,1H2,2-5H3,(H,23,27)/t13?,14?,16-,20?,21?,22-/m0/s1/i16D. The van der Waals surface area contributed by atoms with E-state index < -0.39 is 46.2 Å². The minimum absolute atomic E-state index is 0.275. The first-order valence-electron chi connectivity index (χ1n) is 10.2. The fourth-order valence-electron chi connectivity index (χ4n) is 6.65. The lowest BCUT2D eigenvalue weighted by molar-refractivity contribution is -0.168. The van der Waals surface area contributed by atoms with E-state index in [2.05, 4.69) is 11.9 Å². The number of alkyl carbamates (subject to hydrolysis) is 1. The van der Waals surface area contributed by atoms with E-state index in [1.54, 1.807) is 31.0 Å². The third-order valence-corrected chi connectivity index (χ3v) is 8.16. The topological polar surface area (TPSA) is 84.9 Å². The quantitative estimate of drug-likeness (QED) is 0.735. The fourth-order valence-corrected chi connectivity index (χ4v) is 6.65. The van der Waals surface area contributed by atoms with Crippen LogP contribution in [0.4, 0.5) is 10.5 Å². The zero-order valence-corrected chi connectivity index (χ0v) is 16.7. The number of likely N-dealkylation sites (N-methyl/N-ethyl adjacent to an activating group) is 1. The Bertz CT molecular complexity index is 1130. The zero-order valence-electron chi connectivity index (χ0n) is 17.7. The summed E-state index contributed by atoms with van der Waals surface area (Å²) in [6.07, 6.45) is -2.25. The van der Waals surface area contributed by atoms with Crippen LogP contribution in [-0.2, 0) is 30.2 Å². The van der Waals surface area contributed by atoms with Gasteiger partial charge >= 0.3 is 6.09 Å². The summed E-state index contributed by atoms with van der Waals surface area (Å²) in [5.74, 6) is -1.44. The van der Waals surface area contributed by atoms with Gasteiger partial charge in [0.2, 0.25) is 0 Å². The molecule has 2 saturated heterocycles. The van der Waals surface area contributed by atoms with E-state index in [0.717, 1.165) is 0 Å². The van der Waals surface area contributed by atoms with E-state index in [4.69, 9.17) is 9.47 Å². The van der Waals surface area contributed by atoms with Crippen LogP contribution in [0.1, 0.15) is 33.3 Å². The smallest absolute Gasteiger partial charge is 0.408 e. The van der Waals surface area contributed by atoms with E-state index in [1.165, 1.54) is 6.08 Å². The Morgan fingerprint density at radius 1 is 1.28 bits per heavy atom. The van der Waals surface area contributed by atoms with Gasteiger partial charge in [-0.3, -0.25) is 9.59 Å². The van der Waals surface area contributed by atoms with Gasteiger partial charge in [-0.1, -0.05) is 32.1 Å². The number of ether oxygens (including phenoxy) is 2. The summed E-state index contributed by atoms with van der Waals surface area (Å²) in [5.41, 5.74) is -3.61. The number of hydrogen-bond donors (Lipinski definition) is 1. The first-order valence-corrected chi connectivity index (χ1v) is 9.75. The number of rotatable bonds is 1. The van der Waals surface area contributed by atoms with Crippen LogP contribution in [0.5, 0.6) is 0 Å². The third-order valence-electron chi connectivity index (χ3n) is 8.16. The van der Waals surface area contributed by atoms with E-state index in [9.17, 15) is 15.8 Å². The highest BCUT2D eigenvalue weighted by Crippen LogP contribution is 2.73. The van der Waals surface area contributed by atoms with Crippen LogP contribution in [0, 0.1) is 16.7 Å². The predicted molar refractivity (Wildman–Crippen MR) is 102 cm³/mol. The summed E-state index contributed by atoms with van der Waals surface area (Å²) in [6, 6.07) is 5.35. The number of ketones is 1. The largest absolute Gasteiger partial charge is 0.443 e. The van der Waals surface area contributed by atoms with Crippen LogP contribution in [0.2, 0.25) is 0 Å². The van der Waals surface area contributed by atoms with Crippen molar-refractivity contribution in [2.75, 3.05) is 11.9 Å². The van der Waals surface area contributed by atoms with Crippen LogP contribution in [0.15, 0.2) is 30.9 Å². The van der Waals surface area contributed by atoms with Crippen LogP contribution in [0.25, 0.3) is 0 Å². The molecule has 1 spiro atoms. The third kappa shape index (κ3) is 1.32. The van der Waals surface area contributed by atoms with Gasteiger partial charge in [0.1, 0.15) is 17.7 Å². The summed E-state index contributed by atoms with van der Waals surface area (Å²) >= 11 is 0. The molecule has 2 amide bonds. The minimum atomic E-state index is -1.88. The lowest BCUT2D eigenvalue weighted by atomic mass is 9.52. The first-order chi connectivity index (χ1) is 14.0. The average molecular weight is 395 g/mol. The molecule has 7 heteroatoms. The van der Waals surface area contributed by atoms with Gasteiger partial charge < -0.3 is 19.7 Å². The molecule has 1 saturated carbocycles. The Kier molecular flexibility index (Phi) is 2.46. The van der Waals surface area contributed by atoms with Crippen molar-refractivity contribution < 1.29 is 25.2 Å². The minimum Gasteiger partial charge on any atom is -0.443 e. The van der Waals surface area contributed by atoms with Gasteiger partial charge in [-0.05, 0) is 18.6 Å². The maximum Gasteiger partial charge on any atom is 0.408 e. The molecule has 5 aliphatic rings. The summed E-state index contributed by atoms with van der Waals surface area (Å²) in [5, 5.41) is 2.86. The van der Waals surface area contributed by atoms with Crippen molar-refractivity contribution >= 4 is 23.5 Å². The molecule has 6 rings (SSSR count). The SMILES string of the molecule is [2H][C@@]12OC(=O)NC13c1cccc4c1[C@]1(OC(C(=O)C3(C)C=C)C2C1(C)C)C(=O)N4C. The highest BCUT2D eigenvalue weighted by molar-refractivity contribution is 6.10. The highest BCUT2D eigenvalue weighted by atomic mass is 16.6. The van der Waals surface area contributed by atoms with Gasteiger partial charge in [0, 0.05) is 23.9 Å². The summed E-state index contributed by atoms with van der Waals surface area (Å²) in [7, 11) is 1.68. The molecular weight excluding hydrogens is 372 g/mol. The van der Waals surface area contributed by atoms with E-state index in [1.807, 2.05) is 19.9 Å². The molecule has 6 atom stereocenters. The number of carbonyl (C=O) groups excluding carboxylic acids is 3. The van der Waals surface area contributed by atoms with Crippen LogP contribution < -0.4 is 10.2 Å². The van der Waals surface area contributed by atoms with Gasteiger partial charge in [0.05, 0.1) is 12.5 Å². The summed E-state index contributed by atoms with van der Waals surface area (Å²) < 4.78 is 21.8. The molecule has 29 heavy (non-hydrogen) atoms. The number of nitrogens with zero attached hydrogens (tertiary/aromatic N) is 1. The summed E-state index contributed by atoms with van der Waals surface area (Å²) in [4.78, 5) is 41.8. The fraction of sp³-hybridized carbons (Fsp3) is 0.500. The van der Waals surface area contributed by atoms with Crippen molar-refractivity contribution in [3.63, 3.8) is 0 Å². The molecule has 3 bridgehead atoms. The van der Waals surface area contributed by atoms with Crippen LogP contribution in [0.3, 0.4) is 0 Å². The van der Waals surface area contributed by atoms with E-state index in [0.29, 0.717) is 16.8 Å². The number of hydrogen-bond acceptors (Lipinski definition) is 5. The molecule has 1 aromatic carbocycles. The van der Waals surface area contributed by atoms with Crippen molar-refractivity contribution in [3.05, 3.63) is 42.0 Å². The second-order valence-electron chi connectivity index (χ2n) is 9.38. The molecule has 150 valence electrons. The van der Waals surface area contributed by atoms with Crippen molar-refractivity contribution in [2.45, 2.75) is 44.1 Å². The van der Waals surface area contributed by atoms with Gasteiger partial charge in [-0.15, -0.1) is 6.58 Å². The molecular formula is C22H22N2O5. The van der Waals surface area contributed by atoms with Crippen molar-refractivity contribution in [2.24, 2.45) is 16.7 Å². The number of nitrogens with one attached hydrogen (secondary N) is 1. The first kappa shape index (κ1) is 16.2. The van der Waals surface area contributed by atoms with Gasteiger partial charge in [0.15, 0.2) is 11.4 Å². The van der Waals surface area contributed by atoms with Gasteiger partial charge in [-0.25, -0.2) is 4.79 Å². The number of Topliss-reactive ketones (excluding diaryl/α,β-unsaturated/α-hetero) is 1. The maximum atomic E-state index is 13.9. The average Bonchev–Trinajstić information content (AvgIpc) is 3.19. The van der Waals surface area contributed by atoms with Crippen LogP contribution in [-0.4, -0.2) is 37.0 Å². The molecule has 1 aromatic rings. The normalized spacial score (nSPS) is 47.9. The summed E-state index contributed by atoms with van der Waals surface area (Å²) in [6.45, 7) is 9.23. The molecule has 3 heterocycles. The number of carbonyl (C=O) groups is 3. The number of amides is 2. The van der Waals surface area contributed by atoms with Crippen molar-refractivity contribution in [1.29, 1.82) is 0 Å². The molecule has 0 aromatic heterocycles. The molecule has 0 radical (unpaired) electrons. The lowest BCUT2D eigenvalue weighted by Gasteiger charge is -2.53. The number of benzene rings is 1.